The number of hydrogen-bond acceptors (Lipinski definition) is 6. The van der Waals surface area contributed by atoms with Crippen molar-refractivity contribution in [3.8, 4) is 5.75 Å². The Morgan fingerprint density at radius 1 is 1.34 bits per heavy atom. The Morgan fingerprint density at radius 2 is 2.24 bits per heavy atom. The molecule has 3 aliphatic rings. The molecule has 2 aromatic heterocycles. The zero-order valence-electron chi connectivity index (χ0n) is 16.3. The first kappa shape index (κ1) is 18.3. The van der Waals surface area contributed by atoms with Gasteiger partial charge >= 0.3 is 0 Å². The fraction of sp³-hybridized carbons (Fsp3) is 0.476. The number of nitrogens with zero attached hydrogens (tertiary/aromatic N) is 3. The molecule has 8 heteroatoms. The number of pyridine rings is 2. The highest BCUT2D eigenvalue weighted by Crippen LogP contribution is 2.30. The van der Waals surface area contributed by atoms with Gasteiger partial charge < -0.3 is 19.7 Å². The van der Waals surface area contributed by atoms with Crippen LogP contribution in [-0.2, 0) is 30.9 Å². The molecule has 0 spiro atoms. The molecule has 0 bridgehead atoms. The normalized spacial score (nSPS) is 23.0. The average molecular weight is 398 g/mol. The number of aryl methyl sites for hydroxylation is 1. The summed E-state index contributed by atoms with van der Waals surface area (Å²) in [4.78, 5) is 22.9. The Morgan fingerprint density at radius 3 is 3.07 bits per heavy atom. The van der Waals surface area contributed by atoms with Crippen LogP contribution in [0.3, 0.4) is 0 Å². The molecule has 5 rings (SSSR count). The molecule has 1 unspecified atom stereocenters. The minimum atomic E-state index is -1.15. The van der Waals surface area contributed by atoms with E-state index >= 15 is 4.39 Å². The van der Waals surface area contributed by atoms with Crippen molar-refractivity contribution in [3.05, 3.63) is 46.4 Å². The molecule has 7 nitrogen and oxygen atoms in total. The quantitative estimate of drug-likeness (QED) is 0.852. The number of alkyl halides is 1. The minimum absolute atomic E-state index is 0.0856. The highest BCUT2D eigenvalue weighted by atomic mass is 19.1. The fourth-order valence-electron chi connectivity index (χ4n) is 4.18. The predicted molar refractivity (Wildman–Crippen MR) is 104 cm³/mol. The van der Waals surface area contributed by atoms with Gasteiger partial charge in [-0.05, 0) is 24.1 Å². The summed E-state index contributed by atoms with van der Waals surface area (Å²) in [6.07, 6.45) is 1.27. The third kappa shape index (κ3) is 3.31. The number of amides is 1. The summed E-state index contributed by atoms with van der Waals surface area (Å²) in [7, 11) is 0. The van der Waals surface area contributed by atoms with Gasteiger partial charge in [-0.3, -0.25) is 9.78 Å². The van der Waals surface area contributed by atoms with Gasteiger partial charge in [0.05, 0.1) is 49.5 Å². The van der Waals surface area contributed by atoms with Crippen LogP contribution in [0.25, 0.3) is 0 Å². The van der Waals surface area contributed by atoms with Crippen molar-refractivity contribution < 1.29 is 18.7 Å². The third-order valence-corrected chi connectivity index (χ3v) is 5.80. The van der Waals surface area contributed by atoms with Crippen LogP contribution in [0.5, 0.6) is 5.75 Å². The summed E-state index contributed by atoms with van der Waals surface area (Å²) in [5, 5.41) is 2.80. The molecule has 1 amide bonds. The largest absolute Gasteiger partial charge is 0.486 e. The molecule has 2 atom stereocenters. The van der Waals surface area contributed by atoms with Crippen molar-refractivity contribution in [1.82, 2.24) is 15.3 Å². The molecule has 0 aromatic carbocycles. The van der Waals surface area contributed by atoms with Crippen LogP contribution in [-0.4, -0.2) is 41.2 Å². The van der Waals surface area contributed by atoms with Gasteiger partial charge in [0.1, 0.15) is 17.7 Å². The lowest BCUT2D eigenvalue weighted by atomic mass is 10.0. The number of fused-ring (bicyclic) bond motifs is 2. The van der Waals surface area contributed by atoms with Crippen molar-refractivity contribution in [2.75, 3.05) is 18.0 Å². The Bertz CT molecular complexity index is 967. The summed E-state index contributed by atoms with van der Waals surface area (Å²) in [5.41, 5.74) is 4.27. The first-order valence-electron chi connectivity index (χ1n) is 10.0. The Hall–Kier alpha value is -2.74. The van der Waals surface area contributed by atoms with Crippen LogP contribution in [0.1, 0.15) is 46.2 Å². The van der Waals surface area contributed by atoms with Crippen molar-refractivity contribution in [3.63, 3.8) is 0 Å². The molecule has 1 saturated heterocycles. The maximum Gasteiger partial charge on any atom is 0.253 e. The molecule has 1 N–H and O–H groups in total. The second-order valence-electron chi connectivity index (χ2n) is 7.68. The molecule has 152 valence electrons. The van der Waals surface area contributed by atoms with Gasteiger partial charge in [0.2, 0.25) is 0 Å². The molecule has 2 aromatic rings. The number of hydrogen-bond donors (Lipinski definition) is 1. The van der Waals surface area contributed by atoms with E-state index in [9.17, 15) is 4.79 Å². The summed E-state index contributed by atoms with van der Waals surface area (Å²) in [6, 6.07) is 3.80. The topological polar surface area (TPSA) is 76.6 Å². The molecule has 29 heavy (non-hydrogen) atoms. The number of halogens is 1. The van der Waals surface area contributed by atoms with Crippen molar-refractivity contribution in [2.24, 2.45) is 0 Å². The van der Waals surface area contributed by atoms with E-state index in [1.807, 2.05) is 24.0 Å². The number of aromatic nitrogens is 2. The van der Waals surface area contributed by atoms with Crippen LogP contribution in [0.2, 0.25) is 0 Å². The van der Waals surface area contributed by atoms with E-state index < -0.39 is 12.3 Å². The monoisotopic (exact) mass is 398 g/mol. The van der Waals surface area contributed by atoms with E-state index in [1.165, 1.54) is 0 Å². The number of anilines is 1. The summed E-state index contributed by atoms with van der Waals surface area (Å²) < 4.78 is 26.3. The van der Waals surface area contributed by atoms with E-state index in [1.54, 1.807) is 6.20 Å². The zero-order chi connectivity index (χ0) is 20.0. The first-order valence-corrected chi connectivity index (χ1v) is 10.0. The number of carbonyl (C=O) groups is 1. The standard InChI is InChI=1S/C21H23FN4O3/c1-2-12-6-15-17(8-24-21(15)27)25-20(12)26-4-3-19(16(22)9-26)29-14-5-13-10-28-11-18(13)23-7-14/h5-7,16,19H,2-4,8-11H2,1H3,(H,24,27)/t16?,19-/m1/s1. The second-order valence-corrected chi connectivity index (χ2v) is 7.68. The zero-order valence-corrected chi connectivity index (χ0v) is 16.3. The van der Waals surface area contributed by atoms with Crippen LogP contribution >= 0.6 is 0 Å². The van der Waals surface area contributed by atoms with E-state index in [-0.39, 0.29) is 12.5 Å². The molecular formula is C21H23FN4O3. The van der Waals surface area contributed by atoms with Gasteiger partial charge in [0, 0.05) is 18.5 Å². The van der Waals surface area contributed by atoms with Gasteiger partial charge in [-0.25, -0.2) is 9.37 Å². The molecular weight excluding hydrogens is 375 g/mol. The number of nitrogens with one attached hydrogen (secondary N) is 1. The number of ether oxygens (including phenoxy) is 2. The second kappa shape index (κ2) is 7.26. The lowest BCUT2D eigenvalue weighted by Gasteiger charge is -2.36. The number of piperidine rings is 1. The van der Waals surface area contributed by atoms with E-state index in [0.29, 0.717) is 44.0 Å². The van der Waals surface area contributed by atoms with Gasteiger partial charge in [0.25, 0.3) is 5.91 Å². The van der Waals surface area contributed by atoms with Gasteiger partial charge in [-0.2, -0.15) is 0 Å². The third-order valence-electron chi connectivity index (χ3n) is 5.80. The first-order chi connectivity index (χ1) is 14.1. The SMILES string of the molecule is CCc1cc2c(nc1N1CC[C@@H](Oc3cnc4c(c3)COC4)C(F)C1)CNC2=O. The maximum atomic E-state index is 15.0. The molecule has 0 saturated carbocycles. The van der Waals surface area contributed by atoms with Crippen LogP contribution in [0, 0.1) is 0 Å². The van der Waals surface area contributed by atoms with Crippen molar-refractivity contribution in [1.29, 1.82) is 0 Å². The number of rotatable bonds is 4. The van der Waals surface area contributed by atoms with E-state index in [2.05, 4.69) is 10.3 Å². The van der Waals surface area contributed by atoms with E-state index in [4.69, 9.17) is 14.5 Å². The smallest absolute Gasteiger partial charge is 0.253 e. The number of carbonyl (C=O) groups excluding carboxylic acids is 1. The van der Waals surface area contributed by atoms with Gasteiger partial charge in [-0.15, -0.1) is 0 Å². The summed E-state index contributed by atoms with van der Waals surface area (Å²) in [5.74, 6) is 1.28. The average Bonchev–Trinajstić information content (AvgIpc) is 3.34. The molecule has 0 radical (unpaired) electrons. The predicted octanol–water partition coefficient (Wildman–Crippen LogP) is 2.31. The van der Waals surface area contributed by atoms with E-state index in [0.717, 1.165) is 34.8 Å². The van der Waals surface area contributed by atoms with Gasteiger partial charge in [0.15, 0.2) is 6.17 Å². The lowest BCUT2D eigenvalue weighted by molar-refractivity contribution is 0.0814. The maximum absolute atomic E-state index is 15.0. The van der Waals surface area contributed by atoms with Crippen LogP contribution < -0.4 is 15.0 Å². The highest BCUT2D eigenvalue weighted by Gasteiger charge is 2.33. The van der Waals surface area contributed by atoms with Crippen LogP contribution in [0.15, 0.2) is 18.3 Å². The Labute approximate surface area is 168 Å². The Balaban J connectivity index is 1.31. The van der Waals surface area contributed by atoms with Gasteiger partial charge in [-0.1, -0.05) is 6.92 Å². The molecule has 1 fully saturated rings. The van der Waals surface area contributed by atoms with Crippen molar-refractivity contribution >= 4 is 11.7 Å². The summed E-state index contributed by atoms with van der Waals surface area (Å²) >= 11 is 0. The fourth-order valence-corrected chi connectivity index (χ4v) is 4.18. The lowest BCUT2D eigenvalue weighted by Crippen LogP contribution is -2.47. The Kier molecular flexibility index (Phi) is 4.58. The molecule has 3 aliphatic heterocycles. The highest BCUT2D eigenvalue weighted by molar-refractivity contribution is 5.98. The minimum Gasteiger partial charge on any atom is -0.486 e. The van der Waals surface area contributed by atoms with Crippen LogP contribution in [0.4, 0.5) is 10.2 Å². The molecule has 0 aliphatic carbocycles. The van der Waals surface area contributed by atoms with Crippen molar-refractivity contribution in [2.45, 2.75) is 51.8 Å². The summed E-state index contributed by atoms with van der Waals surface area (Å²) in [6.45, 7) is 4.36. The molecule has 5 heterocycles.